The number of hydrogen-bond acceptors (Lipinski definition) is 3. The monoisotopic (exact) mass is 238 g/mol. The van der Waals surface area contributed by atoms with E-state index in [4.69, 9.17) is 10.5 Å². The van der Waals surface area contributed by atoms with E-state index in [2.05, 4.69) is 0 Å². The van der Waals surface area contributed by atoms with E-state index >= 15 is 0 Å². The second-order valence-corrected chi connectivity index (χ2v) is 4.21. The highest BCUT2D eigenvalue weighted by Crippen LogP contribution is 2.25. The highest BCUT2D eigenvalue weighted by molar-refractivity contribution is 5.78. The van der Waals surface area contributed by atoms with Crippen LogP contribution >= 0.6 is 0 Å². The molecule has 0 unspecified atom stereocenters. The lowest BCUT2D eigenvalue weighted by molar-refractivity contribution is -0.132. The summed E-state index contributed by atoms with van der Waals surface area (Å²) in [7, 11) is 1.76. The first-order valence-electron chi connectivity index (χ1n) is 5.51. The molecule has 1 aromatic rings. The summed E-state index contributed by atoms with van der Waals surface area (Å²) >= 11 is 0. The van der Waals surface area contributed by atoms with Crippen LogP contribution in [0.15, 0.2) is 18.2 Å². The molecule has 1 aliphatic rings. The molecule has 0 atom stereocenters. The summed E-state index contributed by atoms with van der Waals surface area (Å²) in [6.07, 6.45) is 2.11. The molecule has 0 saturated heterocycles. The molecule has 1 saturated carbocycles. The molecule has 1 aromatic carbocycles. The molecule has 0 aliphatic heterocycles. The van der Waals surface area contributed by atoms with Gasteiger partial charge in [-0.15, -0.1) is 0 Å². The molecular formula is C12H15FN2O2. The number of ether oxygens (including phenoxy) is 1. The molecule has 0 heterocycles. The van der Waals surface area contributed by atoms with Crippen LogP contribution in [0.4, 0.5) is 10.1 Å². The fourth-order valence-electron chi connectivity index (χ4n) is 1.51. The van der Waals surface area contributed by atoms with Gasteiger partial charge in [-0.05, 0) is 25.0 Å². The number of nitrogens with zero attached hydrogens (tertiary/aromatic N) is 1. The summed E-state index contributed by atoms with van der Waals surface area (Å²) in [4.78, 5) is 13.3. The lowest BCUT2D eigenvalue weighted by atomic mass is 10.3. The first-order chi connectivity index (χ1) is 8.08. The molecule has 2 rings (SSSR count). The Hall–Kier alpha value is -1.78. The van der Waals surface area contributed by atoms with Crippen molar-refractivity contribution >= 4 is 11.6 Å². The normalized spacial score (nSPS) is 14.5. The number of likely N-dealkylation sites (N-methyl/N-ethyl adjacent to an activating group) is 1. The van der Waals surface area contributed by atoms with Crippen LogP contribution in [0.2, 0.25) is 0 Å². The minimum Gasteiger partial charge on any atom is -0.484 e. The number of anilines is 1. The molecule has 1 amide bonds. The van der Waals surface area contributed by atoms with E-state index < -0.39 is 5.82 Å². The summed E-state index contributed by atoms with van der Waals surface area (Å²) in [5, 5.41) is 0. The first-order valence-corrected chi connectivity index (χ1v) is 5.51. The molecule has 0 aromatic heterocycles. The Morgan fingerprint density at radius 1 is 1.59 bits per heavy atom. The molecular weight excluding hydrogens is 223 g/mol. The zero-order valence-corrected chi connectivity index (χ0v) is 9.65. The van der Waals surface area contributed by atoms with E-state index in [1.165, 1.54) is 12.1 Å². The van der Waals surface area contributed by atoms with Crippen LogP contribution in [0, 0.1) is 5.82 Å². The number of nitrogens with two attached hydrogens (primary N) is 1. The summed E-state index contributed by atoms with van der Waals surface area (Å²) in [5.41, 5.74) is 5.40. The van der Waals surface area contributed by atoms with Crippen molar-refractivity contribution in [3.63, 3.8) is 0 Å². The van der Waals surface area contributed by atoms with Gasteiger partial charge in [0.25, 0.3) is 5.91 Å². The van der Waals surface area contributed by atoms with Gasteiger partial charge in [0, 0.05) is 19.2 Å². The standard InChI is InChI=1S/C12H15FN2O2/c1-15(8-2-3-8)12(16)7-17-9-4-5-11(14)10(13)6-9/h4-6,8H,2-3,7,14H2,1H3. The van der Waals surface area contributed by atoms with Crippen LogP contribution in [-0.4, -0.2) is 30.5 Å². The van der Waals surface area contributed by atoms with Gasteiger partial charge >= 0.3 is 0 Å². The van der Waals surface area contributed by atoms with Crippen LogP contribution in [0.1, 0.15) is 12.8 Å². The minimum atomic E-state index is -0.537. The van der Waals surface area contributed by atoms with Crippen molar-refractivity contribution in [1.82, 2.24) is 4.90 Å². The van der Waals surface area contributed by atoms with Crippen molar-refractivity contribution in [2.24, 2.45) is 0 Å². The predicted molar refractivity (Wildman–Crippen MR) is 62.1 cm³/mol. The van der Waals surface area contributed by atoms with E-state index in [1.54, 1.807) is 18.0 Å². The third kappa shape index (κ3) is 2.87. The van der Waals surface area contributed by atoms with Crippen LogP contribution in [0.25, 0.3) is 0 Å². The van der Waals surface area contributed by atoms with E-state index in [0.717, 1.165) is 12.8 Å². The Morgan fingerprint density at radius 3 is 2.88 bits per heavy atom. The molecule has 0 radical (unpaired) electrons. The Labute approximate surface area is 99.2 Å². The molecule has 1 fully saturated rings. The maximum absolute atomic E-state index is 13.1. The smallest absolute Gasteiger partial charge is 0.260 e. The van der Waals surface area contributed by atoms with E-state index in [9.17, 15) is 9.18 Å². The molecule has 17 heavy (non-hydrogen) atoms. The highest BCUT2D eigenvalue weighted by Gasteiger charge is 2.29. The maximum atomic E-state index is 13.1. The van der Waals surface area contributed by atoms with Gasteiger partial charge in [-0.3, -0.25) is 4.79 Å². The topological polar surface area (TPSA) is 55.6 Å². The molecule has 2 N–H and O–H groups in total. The van der Waals surface area contributed by atoms with Gasteiger partial charge in [0.15, 0.2) is 6.61 Å². The highest BCUT2D eigenvalue weighted by atomic mass is 19.1. The quantitative estimate of drug-likeness (QED) is 0.807. The fourth-order valence-corrected chi connectivity index (χ4v) is 1.51. The van der Waals surface area contributed by atoms with Gasteiger partial charge in [0.2, 0.25) is 0 Å². The molecule has 0 bridgehead atoms. The summed E-state index contributed by atoms with van der Waals surface area (Å²) in [6.45, 7) is -0.0731. The lowest BCUT2D eigenvalue weighted by Gasteiger charge is -2.16. The largest absolute Gasteiger partial charge is 0.484 e. The number of carbonyl (C=O) groups excluding carboxylic acids is 1. The molecule has 92 valence electrons. The maximum Gasteiger partial charge on any atom is 0.260 e. The van der Waals surface area contributed by atoms with Crippen molar-refractivity contribution in [2.45, 2.75) is 18.9 Å². The molecule has 4 nitrogen and oxygen atoms in total. The van der Waals surface area contributed by atoms with Crippen molar-refractivity contribution in [3.8, 4) is 5.75 Å². The molecule has 0 spiro atoms. The van der Waals surface area contributed by atoms with E-state index in [1.807, 2.05) is 0 Å². The number of benzene rings is 1. The Balaban J connectivity index is 1.88. The van der Waals surface area contributed by atoms with Crippen LogP contribution in [0.3, 0.4) is 0 Å². The Bertz CT molecular complexity index is 433. The van der Waals surface area contributed by atoms with Crippen molar-refractivity contribution < 1.29 is 13.9 Å². The summed E-state index contributed by atoms with van der Waals surface area (Å²) in [6, 6.07) is 4.50. The second kappa shape index (κ2) is 4.61. The average molecular weight is 238 g/mol. The van der Waals surface area contributed by atoms with Crippen molar-refractivity contribution in [2.75, 3.05) is 19.4 Å². The van der Waals surface area contributed by atoms with Crippen LogP contribution in [-0.2, 0) is 4.79 Å². The van der Waals surface area contributed by atoms with Crippen molar-refractivity contribution in [3.05, 3.63) is 24.0 Å². The number of hydrogen-bond donors (Lipinski definition) is 1. The lowest BCUT2D eigenvalue weighted by Crippen LogP contribution is -2.33. The van der Waals surface area contributed by atoms with E-state index in [-0.39, 0.29) is 18.2 Å². The average Bonchev–Trinajstić information content (AvgIpc) is 3.13. The Kier molecular flexibility index (Phi) is 3.17. The number of nitrogen functional groups attached to an aromatic ring is 1. The number of carbonyl (C=O) groups is 1. The number of amides is 1. The number of rotatable bonds is 4. The van der Waals surface area contributed by atoms with Crippen molar-refractivity contribution in [1.29, 1.82) is 0 Å². The molecule has 5 heteroatoms. The zero-order valence-electron chi connectivity index (χ0n) is 9.65. The second-order valence-electron chi connectivity index (χ2n) is 4.21. The van der Waals surface area contributed by atoms with Gasteiger partial charge in [-0.25, -0.2) is 4.39 Å². The predicted octanol–water partition coefficient (Wildman–Crippen LogP) is 1.41. The van der Waals surface area contributed by atoms with Gasteiger partial charge in [-0.2, -0.15) is 0 Å². The summed E-state index contributed by atoms with van der Waals surface area (Å²) < 4.78 is 18.3. The van der Waals surface area contributed by atoms with Crippen LogP contribution < -0.4 is 10.5 Å². The SMILES string of the molecule is CN(C(=O)COc1ccc(N)c(F)c1)C1CC1. The van der Waals surface area contributed by atoms with Gasteiger partial charge in [0.1, 0.15) is 11.6 Å². The molecule has 1 aliphatic carbocycles. The number of halogens is 1. The van der Waals surface area contributed by atoms with Gasteiger partial charge in [0.05, 0.1) is 5.69 Å². The van der Waals surface area contributed by atoms with Gasteiger partial charge in [-0.1, -0.05) is 0 Å². The third-order valence-corrected chi connectivity index (χ3v) is 2.82. The first kappa shape index (κ1) is 11.7. The third-order valence-electron chi connectivity index (χ3n) is 2.82. The Morgan fingerprint density at radius 2 is 2.29 bits per heavy atom. The summed E-state index contributed by atoms with van der Waals surface area (Å²) in [5.74, 6) is -0.315. The zero-order chi connectivity index (χ0) is 12.4. The minimum absolute atomic E-state index is 0.0683. The fraction of sp³-hybridized carbons (Fsp3) is 0.417. The van der Waals surface area contributed by atoms with Crippen LogP contribution in [0.5, 0.6) is 5.75 Å². The van der Waals surface area contributed by atoms with E-state index in [0.29, 0.717) is 11.8 Å². The van der Waals surface area contributed by atoms with Gasteiger partial charge < -0.3 is 15.4 Å².